The van der Waals surface area contributed by atoms with Gasteiger partial charge < -0.3 is 4.74 Å². The molecule has 0 atom stereocenters. The maximum absolute atomic E-state index is 11.7. The third-order valence-corrected chi connectivity index (χ3v) is 3.94. The molecule has 0 spiro atoms. The number of ether oxygens (including phenoxy) is 1. The molecule has 2 rings (SSSR count). The number of aryl methyl sites for hydroxylation is 1. The van der Waals surface area contributed by atoms with Gasteiger partial charge in [0.2, 0.25) is 0 Å². The highest BCUT2D eigenvalue weighted by Crippen LogP contribution is 2.24. The summed E-state index contributed by atoms with van der Waals surface area (Å²) in [5.41, 5.74) is 3.91. The number of halogens is 1. The Balaban J connectivity index is 1.85. The first-order chi connectivity index (χ1) is 12.0. The second-order valence-electron chi connectivity index (χ2n) is 5.05. The molecule has 0 aliphatic rings. The minimum absolute atomic E-state index is 0.0749. The zero-order valence-electron chi connectivity index (χ0n) is 13.4. The van der Waals surface area contributed by atoms with E-state index in [-0.39, 0.29) is 12.3 Å². The number of nitrogens with one attached hydrogen (secondary N) is 1. The van der Waals surface area contributed by atoms with Crippen LogP contribution in [0.5, 0.6) is 5.75 Å². The minimum atomic E-state index is -0.502. The van der Waals surface area contributed by atoms with Crippen molar-refractivity contribution in [3.63, 3.8) is 0 Å². The molecule has 0 aliphatic carbocycles. The van der Waals surface area contributed by atoms with Crippen LogP contribution < -0.4 is 10.2 Å². The van der Waals surface area contributed by atoms with Crippen LogP contribution in [0.3, 0.4) is 0 Å². The number of nitro groups is 1. The van der Waals surface area contributed by atoms with E-state index in [1.807, 2.05) is 12.1 Å². The van der Waals surface area contributed by atoms with Crippen molar-refractivity contribution < 1.29 is 14.5 Å². The number of hydrazone groups is 1. The first kappa shape index (κ1) is 18.6. The molecule has 0 saturated heterocycles. The molecule has 2 aromatic rings. The van der Waals surface area contributed by atoms with Crippen molar-refractivity contribution in [1.29, 1.82) is 0 Å². The van der Waals surface area contributed by atoms with Gasteiger partial charge in [0, 0.05) is 11.6 Å². The molecule has 0 aliphatic heterocycles. The predicted octanol–water partition coefficient (Wildman–Crippen LogP) is 3.45. The Morgan fingerprint density at radius 3 is 2.68 bits per heavy atom. The van der Waals surface area contributed by atoms with Crippen LogP contribution in [0.25, 0.3) is 0 Å². The van der Waals surface area contributed by atoms with Crippen molar-refractivity contribution >= 4 is 33.7 Å². The van der Waals surface area contributed by atoms with Gasteiger partial charge in [-0.2, -0.15) is 5.10 Å². The number of hydrogen-bond donors (Lipinski definition) is 1. The Hall–Kier alpha value is -2.74. The second kappa shape index (κ2) is 8.93. The van der Waals surface area contributed by atoms with Crippen molar-refractivity contribution in [3.8, 4) is 5.75 Å². The summed E-state index contributed by atoms with van der Waals surface area (Å²) < 4.78 is 5.73. The van der Waals surface area contributed by atoms with Crippen molar-refractivity contribution in [2.75, 3.05) is 6.61 Å². The van der Waals surface area contributed by atoms with E-state index in [4.69, 9.17) is 4.74 Å². The Kier molecular flexibility index (Phi) is 6.64. The molecule has 0 heterocycles. The average molecular weight is 406 g/mol. The molecule has 25 heavy (non-hydrogen) atoms. The SMILES string of the molecule is CCc1ccc(OCC(=O)N/N=C\c2ccc(Br)c([N+](=O)[O-])c2)cc1. The summed E-state index contributed by atoms with van der Waals surface area (Å²) in [7, 11) is 0. The number of amides is 1. The maximum atomic E-state index is 11.7. The van der Waals surface area contributed by atoms with Gasteiger partial charge in [0.25, 0.3) is 11.6 Å². The number of nitrogens with zero attached hydrogens (tertiary/aromatic N) is 2. The summed E-state index contributed by atoms with van der Waals surface area (Å²) >= 11 is 3.10. The van der Waals surface area contributed by atoms with Crippen LogP contribution in [0.1, 0.15) is 18.1 Å². The highest BCUT2D eigenvalue weighted by molar-refractivity contribution is 9.10. The van der Waals surface area contributed by atoms with Crippen LogP contribution in [0.15, 0.2) is 52.0 Å². The Bertz CT molecular complexity index is 791. The van der Waals surface area contributed by atoms with Crippen LogP contribution in [-0.2, 0) is 11.2 Å². The quantitative estimate of drug-likeness (QED) is 0.433. The van der Waals surface area contributed by atoms with Crippen molar-refractivity contribution in [2.24, 2.45) is 5.10 Å². The number of nitro benzene ring substituents is 1. The average Bonchev–Trinajstić information content (AvgIpc) is 2.61. The third-order valence-electron chi connectivity index (χ3n) is 3.27. The molecular weight excluding hydrogens is 390 g/mol. The monoisotopic (exact) mass is 405 g/mol. The summed E-state index contributed by atoms with van der Waals surface area (Å²) in [6.07, 6.45) is 2.26. The molecule has 0 bridgehead atoms. The lowest BCUT2D eigenvalue weighted by Crippen LogP contribution is -2.24. The van der Waals surface area contributed by atoms with E-state index < -0.39 is 10.8 Å². The molecular formula is C17H16BrN3O4. The van der Waals surface area contributed by atoms with Gasteiger partial charge in [-0.05, 0) is 46.1 Å². The van der Waals surface area contributed by atoms with Gasteiger partial charge in [-0.1, -0.05) is 25.1 Å². The summed E-state index contributed by atoms with van der Waals surface area (Å²) in [6.45, 7) is 1.88. The molecule has 0 fully saturated rings. The topological polar surface area (TPSA) is 93.8 Å². The molecule has 2 aromatic carbocycles. The molecule has 8 heteroatoms. The van der Waals surface area contributed by atoms with E-state index in [0.29, 0.717) is 15.8 Å². The molecule has 0 saturated carbocycles. The first-order valence-corrected chi connectivity index (χ1v) is 8.26. The Labute approximate surface area is 153 Å². The van der Waals surface area contributed by atoms with Gasteiger partial charge in [-0.25, -0.2) is 5.43 Å². The minimum Gasteiger partial charge on any atom is -0.484 e. The highest BCUT2D eigenvalue weighted by atomic mass is 79.9. The zero-order valence-corrected chi connectivity index (χ0v) is 15.0. The predicted molar refractivity (Wildman–Crippen MR) is 97.8 cm³/mol. The molecule has 1 N–H and O–H groups in total. The Morgan fingerprint density at radius 2 is 2.04 bits per heavy atom. The number of rotatable bonds is 7. The van der Waals surface area contributed by atoms with Gasteiger partial charge in [-0.3, -0.25) is 14.9 Å². The van der Waals surface area contributed by atoms with Crippen molar-refractivity contribution in [1.82, 2.24) is 5.43 Å². The maximum Gasteiger partial charge on any atom is 0.284 e. The van der Waals surface area contributed by atoms with E-state index in [9.17, 15) is 14.9 Å². The molecule has 1 amide bonds. The van der Waals surface area contributed by atoms with E-state index in [1.165, 1.54) is 17.8 Å². The van der Waals surface area contributed by atoms with E-state index in [1.54, 1.807) is 24.3 Å². The largest absolute Gasteiger partial charge is 0.484 e. The van der Waals surface area contributed by atoms with Crippen molar-refractivity contribution in [2.45, 2.75) is 13.3 Å². The van der Waals surface area contributed by atoms with E-state index in [2.05, 4.69) is 33.4 Å². The number of carbonyl (C=O) groups is 1. The summed E-state index contributed by atoms with van der Waals surface area (Å²) in [6, 6.07) is 12.0. The summed E-state index contributed by atoms with van der Waals surface area (Å²) in [5.74, 6) is 0.169. The number of benzene rings is 2. The lowest BCUT2D eigenvalue weighted by atomic mass is 10.2. The summed E-state index contributed by atoms with van der Waals surface area (Å²) in [5, 5.41) is 14.6. The standard InChI is InChI=1S/C17H16BrN3O4/c1-2-12-3-6-14(7-4-12)25-11-17(22)20-19-10-13-5-8-15(18)16(9-13)21(23)24/h3-10H,2,11H2,1H3,(H,20,22)/b19-10-. The van der Waals surface area contributed by atoms with Gasteiger partial charge >= 0.3 is 0 Å². The fraction of sp³-hybridized carbons (Fsp3) is 0.176. The van der Waals surface area contributed by atoms with Gasteiger partial charge in [0.15, 0.2) is 6.61 Å². The van der Waals surface area contributed by atoms with Crippen LogP contribution in [0, 0.1) is 10.1 Å². The Morgan fingerprint density at radius 1 is 1.32 bits per heavy atom. The lowest BCUT2D eigenvalue weighted by Gasteiger charge is -2.05. The molecule has 130 valence electrons. The normalized spacial score (nSPS) is 10.6. The fourth-order valence-electron chi connectivity index (χ4n) is 1.93. The number of carbonyl (C=O) groups excluding carboxylic acids is 1. The van der Waals surface area contributed by atoms with Crippen LogP contribution in [0.2, 0.25) is 0 Å². The molecule has 0 unspecified atom stereocenters. The lowest BCUT2D eigenvalue weighted by molar-refractivity contribution is -0.385. The molecule has 7 nitrogen and oxygen atoms in total. The first-order valence-electron chi connectivity index (χ1n) is 7.47. The van der Waals surface area contributed by atoms with Crippen LogP contribution >= 0.6 is 15.9 Å². The number of hydrogen-bond acceptors (Lipinski definition) is 5. The zero-order chi connectivity index (χ0) is 18.2. The third kappa shape index (κ3) is 5.68. The van der Waals surface area contributed by atoms with Crippen LogP contribution in [-0.4, -0.2) is 23.7 Å². The smallest absolute Gasteiger partial charge is 0.284 e. The summed E-state index contributed by atoms with van der Waals surface area (Å²) in [4.78, 5) is 22.1. The highest BCUT2D eigenvalue weighted by Gasteiger charge is 2.11. The second-order valence-corrected chi connectivity index (χ2v) is 5.90. The van der Waals surface area contributed by atoms with Crippen molar-refractivity contribution in [3.05, 3.63) is 68.2 Å². The fourth-order valence-corrected chi connectivity index (χ4v) is 2.32. The molecule has 0 radical (unpaired) electrons. The molecule has 0 aromatic heterocycles. The van der Waals surface area contributed by atoms with E-state index in [0.717, 1.165) is 6.42 Å². The van der Waals surface area contributed by atoms with Gasteiger partial charge in [0.05, 0.1) is 15.6 Å². The van der Waals surface area contributed by atoms with Gasteiger partial charge in [0.1, 0.15) is 5.75 Å². The van der Waals surface area contributed by atoms with Gasteiger partial charge in [-0.15, -0.1) is 0 Å². The van der Waals surface area contributed by atoms with E-state index >= 15 is 0 Å². The van der Waals surface area contributed by atoms with Crippen LogP contribution in [0.4, 0.5) is 5.69 Å².